The number of anilines is 1. The molecule has 9 nitrogen and oxygen atoms in total. The van der Waals surface area contributed by atoms with Gasteiger partial charge in [0.15, 0.2) is 11.0 Å². The van der Waals surface area contributed by atoms with E-state index in [-0.39, 0.29) is 28.5 Å². The van der Waals surface area contributed by atoms with Gasteiger partial charge in [-0.15, -0.1) is 21.5 Å². The smallest absolute Gasteiger partial charge is 0.339 e. The summed E-state index contributed by atoms with van der Waals surface area (Å²) >= 11 is 2.86. The lowest BCUT2D eigenvalue weighted by Gasteiger charge is -2.11. The van der Waals surface area contributed by atoms with Crippen molar-refractivity contribution in [2.45, 2.75) is 25.5 Å². The number of thioether (sulfide) groups is 1. The van der Waals surface area contributed by atoms with Crippen LogP contribution in [0.5, 0.6) is 0 Å². The third-order valence-electron chi connectivity index (χ3n) is 4.47. The molecule has 0 atom stereocenters. The number of rotatable bonds is 8. The minimum atomic E-state index is -0.634. The van der Waals surface area contributed by atoms with Crippen molar-refractivity contribution in [3.63, 3.8) is 0 Å². The Morgan fingerprint density at radius 1 is 1.12 bits per heavy atom. The molecule has 32 heavy (non-hydrogen) atoms. The molecule has 0 saturated heterocycles. The monoisotopic (exact) mass is 474 g/mol. The summed E-state index contributed by atoms with van der Waals surface area (Å²) in [7, 11) is 2.49. The van der Waals surface area contributed by atoms with Crippen LogP contribution in [0.2, 0.25) is 0 Å². The molecular formula is C21H22N4O5S2. The number of aryl methyl sites for hydroxylation is 1. The number of ether oxygens (including phenoxy) is 2. The summed E-state index contributed by atoms with van der Waals surface area (Å²) in [6.45, 7) is 4.66. The number of nitrogens with zero attached hydrogens (tertiary/aromatic N) is 3. The summed E-state index contributed by atoms with van der Waals surface area (Å²) in [5.41, 5.74) is 1.48. The van der Waals surface area contributed by atoms with E-state index in [9.17, 15) is 14.4 Å². The van der Waals surface area contributed by atoms with Gasteiger partial charge in [0.25, 0.3) is 0 Å². The van der Waals surface area contributed by atoms with E-state index in [1.54, 1.807) is 11.3 Å². The molecule has 0 bridgehead atoms. The zero-order valence-electron chi connectivity index (χ0n) is 18.0. The minimum absolute atomic E-state index is 0.0316. The Kier molecular flexibility index (Phi) is 7.65. The zero-order chi connectivity index (χ0) is 23.3. The Bertz CT molecular complexity index is 1160. The second-order valence-corrected chi connectivity index (χ2v) is 8.63. The standard InChI is InChI=1S/C21H22N4O5S2/c1-5-25-18(14-8-12(2)31-10-14)23-24-21(25)32-11-17(26)22-16-9-13(19(27)29-3)6-7-15(16)20(28)30-4/h6-10H,5,11H2,1-4H3,(H,22,26). The Morgan fingerprint density at radius 2 is 1.88 bits per heavy atom. The summed E-state index contributed by atoms with van der Waals surface area (Å²) in [5, 5.41) is 13.8. The van der Waals surface area contributed by atoms with Crippen molar-refractivity contribution >= 4 is 46.6 Å². The Balaban J connectivity index is 1.76. The van der Waals surface area contributed by atoms with Gasteiger partial charge < -0.3 is 19.4 Å². The summed E-state index contributed by atoms with van der Waals surface area (Å²) < 4.78 is 11.4. The van der Waals surface area contributed by atoms with Crippen molar-refractivity contribution in [1.82, 2.24) is 14.8 Å². The average Bonchev–Trinajstić information content (AvgIpc) is 3.41. The quantitative estimate of drug-likeness (QED) is 0.389. The highest BCUT2D eigenvalue weighted by atomic mass is 32.2. The van der Waals surface area contributed by atoms with Crippen LogP contribution in [-0.2, 0) is 20.8 Å². The fourth-order valence-corrected chi connectivity index (χ4v) is 4.44. The van der Waals surface area contributed by atoms with Crippen LogP contribution in [0, 0.1) is 6.92 Å². The molecular weight excluding hydrogens is 452 g/mol. The maximum atomic E-state index is 12.6. The Morgan fingerprint density at radius 3 is 2.50 bits per heavy atom. The lowest BCUT2D eigenvalue weighted by Crippen LogP contribution is -2.18. The largest absolute Gasteiger partial charge is 0.465 e. The van der Waals surface area contributed by atoms with Gasteiger partial charge in [0, 0.05) is 22.4 Å². The third kappa shape index (κ3) is 5.17. The number of carbonyl (C=O) groups excluding carboxylic acids is 3. The number of hydrogen-bond donors (Lipinski definition) is 1. The summed E-state index contributed by atoms with van der Waals surface area (Å²) in [4.78, 5) is 37.7. The SMILES string of the molecule is CCn1c(SCC(=O)Nc2cc(C(=O)OC)ccc2C(=O)OC)nnc1-c1csc(C)c1. The molecule has 1 N–H and O–H groups in total. The number of amides is 1. The molecule has 0 aliphatic heterocycles. The van der Waals surface area contributed by atoms with E-state index < -0.39 is 11.9 Å². The number of thiophene rings is 1. The molecule has 1 aromatic carbocycles. The van der Waals surface area contributed by atoms with Crippen LogP contribution in [0.4, 0.5) is 5.69 Å². The molecule has 168 valence electrons. The van der Waals surface area contributed by atoms with Gasteiger partial charge in [-0.05, 0) is 38.1 Å². The number of nitrogens with one attached hydrogen (secondary N) is 1. The van der Waals surface area contributed by atoms with Gasteiger partial charge in [0.1, 0.15) is 0 Å². The van der Waals surface area contributed by atoms with Crippen LogP contribution in [0.25, 0.3) is 11.4 Å². The summed E-state index contributed by atoms with van der Waals surface area (Å²) in [5.74, 6) is -0.812. The van der Waals surface area contributed by atoms with Crippen molar-refractivity contribution in [2.24, 2.45) is 0 Å². The highest BCUT2D eigenvalue weighted by Crippen LogP contribution is 2.28. The van der Waals surface area contributed by atoms with Gasteiger partial charge in [-0.3, -0.25) is 4.79 Å². The zero-order valence-corrected chi connectivity index (χ0v) is 19.6. The number of benzene rings is 1. The molecule has 3 aromatic rings. The van der Waals surface area contributed by atoms with Crippen molar-refractivity contribution < 1.29 is 23.9 Å². The van der Waals surface area contributed by atoms with Gasteiger partial charge in [-0.25, -0.2) is 9.59 Å². The second-order valence-electron chi connectivity index (χ2n) is 6.58. The first kappa shape index (κ1) is 23.5. The van der Waals surface area contributed by atoms with Gasteiger partial charge >= 0.3 is 11.9 Å². The van der Waals surface area contributed by atoms with Crippen molar-refractivity contribution in [3.05, 3.63) is 45.6 Å². The summed E-state index contributed by atoms with van der Waals surface area (Å²) in [6, 6.07) is 6.26. The molecule has 2 heterocycles. The van der Waals surface area contributed by atoms with E-state index >= 15 is 0 Å². The van der Waals surface area contributed by atoms with Crippen LogP contribution in [0.1, 0.15) is 32.5 Å². The predicted molar refractivity (Wildman–Crippen MR) is 122 cm³/mol. The predicted octanol–water partition coefficient (Wildman–Crippen LogP) is 3.64. The molecule has 0 aliphatic rings. The number of carbonyl (C=O) groups is 3. The fraction of sp³-hybridized carbons (Fsp3) is 0.286. The Labute approximate surface area is 193 Å². The van der Waals surface area contributed by atoms with E-state index in [2.05, 4.69) is 15.5 Å². The van der Waals surface area contributed by atoms with E-state index in [0.29, 0.717) is 11.7 Å². The maximum Gasteiger partial charge on any atom is 0.339 e. The molecule has 0 fully saturated rings. The lowest BCUT2D eigenvalue weighted by atomic mass is 10.1. The van der Waals surface area contributed by atoms with Gasteiger partial charge in [-0.1, -0.05) is 11.8 Å². The summed E-state index contributed by atoms with van der Waals surface area (Å²) in [6.07, 6.45) is 0. The van der Waals surface area contributed by atoms with E-state index in [1.165, 1.54) is 49.1 Å². The first-order chi connectivity index (χ1) is 15.4. The van der Waals surface area contributed by atoms with Gasteiger partial charge in [0.05, 0.1) is 36.8 Å². The topological polar surface area (TPSA) is 112 Å². The highest BCUT2D eigenvalue weighted by Gasteiger charge is 2.19. The molecule has 0 aliphatic carbocycles. The van der Waals surface area contributed by atoms with Crippen LogP contribution in [0.15, 0.2) is 34.8 Å². The first-order valence-corrected chi connectivity index (χ1v) is 11.5. The fourth-order valence-electron chi connectivity index (χ4n) is 2.95. The Hall–Kier alpha value is -3.18. The van der Waals surface area contributed by atoms with E-state index in [0.717, 1.165) is 11.4 Å². The third-order valence-corrected chi connectivity index (χ3v) is 6.30. The van der Waals surface area contributed by atoms with Crippen LogP contribution in [-0.4, -0.2) is 52.6 Å². The van der Waals surface area contributed by atoms with Crippen LogP contribution >= 0.6 is 23.1 Å². The van der Waals surface area contributed by atoms with Crippen LogP contribution in [0.3, 0.4) is 0 Å². The molecule has 0 unspecified atom stereocenters. The number of esters is 2. The molecule has 1 amide bonds. The average molecular weight is 475 g/mol. The van der Waals surface area contributed by atoms with E-state index in [1.807, 2.05) is 29.9 Å². The molecule has 3 rings (SSSR count). The molecule has 0 saturated carbocycles. The minimum Gasteiger partial charge on any atom is -0.465 e. The molecule has 2 aromatic heterocycles. The highest BCUT2D eigenvalue weighted by molar-refractivity contribution is 7.99. The van der Waals surface area contributed by atoms with Crippen molar-refractivity contribution in [2.75, 3.05) is 25.3 Å². The van der Waals surface area contributed by atoms with Crippen molar-refractivity contribution in [3.8, 4) is 11.4 Å². The van der Waals surface area contributed by atoms with Crippen LogP contribution < -0.4 is 5.32 Å². The van der Waals surface area contributed by atoms with Gasteiger partial charge in [0.2, 0.25) is 5.91 Å². The molecule has 0 spiro atoms. The normalized spacial score (nSPS) is 10.6. The maximum absolute atomic E-state index is 12.6. The van der Waals surface area contributed by atoms with E-state index in [4.69, 9.17) is 9.47 Å². The lowest BCUT2D eigenvalue weighted by molar-refractivity contribution is -0.113. The van der Waals surface area contributed by atoms with Crippen molar-refractivity contribution in [1.29, 1.82) is 0 Å². The second kappa shape index (κ2) is 10.4. The molecule has 11 heteroatoms. The number of methoxy groups -OCH3 is 2. The first-order valence-electron chi connectivity index (χ1n) is 9.60. The number of aromatic nitrogens is 3. The van der Waals surface area contributed by atoms with Gasteiger partial charge in [-0.2, -0.15) is 0 Å². The molecule has 0 radical (unpaired) electrons. The number of hydrogen-bond acceptors (Lipinski definition) is 9.